The molecular formula is C10H8F6OS. The van der Waals surface area contributed by atoms with Crippen LogP contribution in [0.4, 0.5) is 26.3 Å². The normalized spacial score (nSPS) is 13.1. The van der Waals surface area contributed by atoms with Crippen LogP contribution in [0.3, 0.4) is 0 Å². The molecule has 1 nitrogen and oxygen atoms in total. The number of rotatable bonds is 4. The van der Waals surface area contributed by atoms with Crippen LogP contribution in [0, 0.1) is 5.92 Å². The highest BCUT2D eigenvalue weighted by atomic mass is 32.1. The SMILES string of the molecule is O=C(CCc1cccs1)C(C(F)(F)F)C(F)(F)F. The Kier molecular flexibility index (Phi) is 4.41. The maximum atomic E-state index is 12.2. The minimum atomic E-state index is -5.59. The third-order valence-corrected chi connectivity index (χ3v) is 3.11. The Labute approximate surface area is 102 Å². The van der Waals surface area contributed by atoms with Crippen molar-refractivity contribution < 1.29 is 31.1 Å². The molecule has 1 aromatic heterocycles. The minimum absolute atomic E-state index is 0.112. The van der Waals surface area contributed by atoms with Crippen LogP contribution in [0.2, 0.25) is 0 Å². The van der Waals surface area contributed by atoms with E-state index in [9.17, 15) is 31.1 Å². The molecule has 102 valence electrons. The van der Waals surface area contributed by atoms with Crippen LogP contribution in [-0.2, 0) is 11.2 Å². The monoisotopic (exact) mass is 290 g/mol. The number of aryl methyl sites for hydroxylation is 1. The van der Waals surface area contributed by atoms with Crippen LogP contribution in [-0.4, -0.2) is 18.1 Å². The Morgan fingerprint density at radius 1 is 1.17 bits per heavy atom. The maximum absolute atomic E-state index is 12.2. The number of thiophene rings is 1. The van der Waals surface area contributed by atoms with E-state index in [0.717, 1.165) is 0 Å². The second kappa shape index (κ2) is 5.29. The standard InChI is InChI=1S/C10H8F6OS/c11-9(12,13)8(10(14,15)16)7(17)4-3-6-2-1-5-18-6/h1-2,5,8H,3-4H2. The Morgan fingerprint density at radius 2 is 1.72 bits per heavy atom. The van der Waals surface area contributed by atoms with Crippen LogP contribution in [0.25, 0.3) is 0 Å². The van der Waals surface area contributed by atoms with E-state index in [-0.39, 0.29) is 6.42 Å². The first-order valence-electron chi connectivity index (χ1n) is 4.81. The van der Waals surface area contributed by atoms with Gasteiger partial charge in [-0.15, -0.1) is 11.3 Å². The van der Waals surface area contributed by atoms with E-state index in [2.05, 4.69) is 0 Å². The van der Waals surface area contributed by atoms with Gasteiger partial charge in [-0.3, -0.25) is 4.79 Å². The Hall–Kier alpha value is -1.05. The molecule has 0 amide bonds. The van der Waals surface area contributed by atoms with Crippen LogP contribution in [0.15, 0.2) is 17.5 Å². The molecule has 0 aliphatic heterocycles. The quantitative estimate of drug-likeness (QED) is 0.766. The molecule has 0 fully saturated rings. The van der Waals surface area contributed by atoms with Crippen molar-refractivity contribution >= 4 is 17.1 Å². The van der Waals surface area contributed by atoms with Gasteiger partial charge in [-0.2, -0.15) is 26.3 Å². The summed E-state index contributed by atoms with van der Waals surface area (Å²) in [5.74, 6) is -5.73. The number of halogens is 6. The fourth-order valence-electron chi connectivity index (χ4n) is 1.40. The molecule has 1 heterocycles. The molecule has 0 radical (unpaired) electrons. The molecule has 0 unspecified atom stereocenters. The molecule has 0 saturated heterocycles. The van der Waals surface area contributed by atoms with Gasteiger partial charge in [0.05, 0.1) is 0 Å². The topological polar surface area (TPSA) is 17.1 Å². The molecule has 0 aliphatic rings. The van der Waals surface area contributed by atoms with Gasteiger partial charge in [0.1, 0.15) is 0 Å². The van der Waals surface area contributed by atoms with Crippen molar-refractivity contribution in [3.8, 4) is 0 Å². The summed E-state index contributed by atoms with van der Waals surface area (Å²) in [5.41, 5.74) is 0. The van der Waals surface area contributed by atoms with E-state index in [1.165, 1.54) is 11.3 Å². The molecule has 1 rings (SSSR count). The molecule has 0 aromatic carbocycles. The van der Waals surface area contributed by atoms with Crippen molar-refractivity contribution in [1.82, 2.24) is 0 Å². The Balaban J connectivity index is 2.72. The van der Waals surface area contributed by atoms with Crippen LogP contribution in [0.1, 0.15) is 11.3 Å². The van der Waals surface area contributed by atoms with Gasteiger partial charge in [0, 0.05) is 11.3 Å². The second-order valence-electron chi connectivity index (χ2n) is 3.56. The van der Waals surface area contributed by atoms with Gasteiger partial charge in [0.15, 0.2) is 5.78 Å². The molecule has 0 bridgehead atoms. The lowest BCUT2D eigenvalue weighted by atomic mass is 9.99. The summed E-state index contributed by atoms with van der Waals surface area (Å²) in [6.45, 7) is 0. The van der Waals surface area contributed by atoms with Gasteiger partial charge >= 0.3 is 12.4 Å². The first-order valence-corrected chi connectivity index (χ1v) is 5.69. The van der Waals surface area contributed by atoms with Gasteiger partial charge in [-0.1, -0.05) is 6.07 Å². The minimum Gasteiger partial charge on any atom is -0.299 e. The van der Waals surface area contributed by atoms with Crippen molar-refractivity contribution in [2.75, 3.05) is 0 Å². The fourth-order valence-corrected chi connectivity index (χ4v) is 2.11. The molecule has 1 aromatic rings. The van der Waals surface area contributed by atoms with Gasteiger partial charge in [0.2, 0.25) is 5.92 Å². The van der Waals surface area contributed by atoms with Gasteiger partial charge < -0.3 is 0 Å². The van der Waals surface area contributed by atoms with Crippen LogP contribution in [0.5, 0.6) is 0 Å². The fraction of sp³-hybridized carbons (Fsp3) is 0.500. The largest absolute Gasteiger partial charge is 0.407 e. The van der Waals surface area contributed by atoms with Gasteiger partial charge in [0.25, 0.3) is 0 Å². The highest BCUT2D eigenvalue weighted by molar-refractivity contribution is 7.09. The zero-order chi connectivity index (χ0) is 14.0. The van der Waals surface area contributed by atoms with Crippen molar-refractivity contribution in [1.29, 1.82) is 0 Å². The van der Waals surface area contributed by atoms with Crippen molar-refractivity contribution in [2.24, 2.45) is 5.92 Å². The first-order chi connectivity index (χ1) is 8.12. The number of alkyl halides is 6. The summed E-state index contributed by atoms with van der Waals surface area (Å²) < 4.78 is 73.2. The zero-order valence-electron chi connectivity index (χ0n) is 8.81. The summed E-state index contributed by atoms with van der Waals surface area (Å²) >= 11 is 1.18. The molecule has 18 heavy (non-hydrogen) atoms. The lowest BCUT2D eigenvalue weighted by molar-refractivity contribution is -0.273. The molecule has 0 N–H and O–H groups in total. The van der Waals surface area contributed by atoms with Crippen LogP contribution >= 0.6 is 11.3 Å². The molecule has 0 atom stereocenters. The molecule has 0 spiro atoms. The highest BCUT2D eigenvalue weighted by Gasteiger charge is 2.60. The zero-order valence-corrected chi connectivity index (χ0v) is 9.62. The number of carbonyl (C=O) groups excluding carboxylic acids is 1. The molecule has 8 heteroatoms. The molecular weight excluding hydrogens is 282 g/mol. The van der Waals surface area contributed by atoms with Crippen molar-refractivity contribution in [2.45, 2.75) is 25.2 Å². The molecule has 0 aliphatic carbocycles. The number of ketones is 1. The summed E-state index contributed by atoms with van der Waals surface area (Å²) in [5, 5.41) is 1.63. The van der Waals surface area contributed by atoms with Gasteiger partial charge in [-0.05, 0) is 17.9 Å². The van der Waals surface area contributed by atoms with E-state index < -0.39 is 30.5 Å². The second-order valence-corrected chi connectivity index (χ2v) is 4.59. The summed E-state index contributed by atoms with van der Waals surface area (Å²) in [6, 6.07) is 3.16. The van der Waals surface area contributed by atoms with E-state index in [1.54, 1.807) is 17.5 Å². The van der Waals surface area contributed by atoms with E-state index in [1.807, 2.05) is 0 Å². The average molecular weight is 290 g/mol. The maximum Gasteiger partial charge on any atom is 0.407 e. The van der Waals surface area contributed by atoms with Crippen LogP contribution < -0.4 is 0 Å². The predicted molar refractivity (Wildman–Crippen MR) is 53.2 cm³/mol. The lowest BCUT2D eigenvalue weighted by Gasteiger charge is -2.21. The number of hydrogen-bond donors (Lipinski definition) is 0. The third-order valence-electron chi connectivity index (χ3n) is 2.17. The van der Waals surface area contributed by atoms with E-state index >= 15 is 0 Å². The third kappa shape index (κ3) is 4.01. The average Bonchev–Trinajstić information content (AvgIpc) is 2.61. The summed E-state index contributed by atoms with van der Waals surface area (Å²) in [4.78, 5) is 11.7. The van der Waals surface area contributed by atoms with Gasteiger partial charge in [-0.25, -0.2) is 0 Å². The van der Waals surface area contributed by atoms with E-state index in [4.69, 9.17) is 0 Å². The first kappa shape index (κ1) is 15.0. The van der Waals surface area contributed by atoms with Crippen molar-refractivity contribution in [3.05, 3.63) is 22.4 Å². The Bertz CT molecular complexity index is 377. The highest BCUT2D eigenvalue weighted by Crippen LogP contribution is 2.40. The number of hydrogen-bond acceptors (Lipinski definition) is 2. The van der Waals surface area contributed by atoms with Crippen molar-refractivity contribution in [3.63, 3.8) is 0 Å². The lowest BCUT2D eigenvalue weighted by Crippen LogP contribution is -2.42. The molecule has 0 saturated carbocycles. The summed E-state index contributed by atoms with van der Waals surface area (Å²) in [6.07, 6.45) is -12.1. The predicted octanol–water partition coefficient (Wildman–Crippen LogP) is 3.99. The Morgan fingerprint density at radius 3 is 2.11 bits per heavy atom. The number of Topliss-reactive ketones (excluding diaryl/α,β-unsaturated/α-hetero) is 1. The number of carbonyl (C=O) groups is 1. The van der Waals surface area contributed by atoms with E-state index in [0.29, 0.717) is 4.88 Å². The smallest absolute Gasteiger partial charge is 0.299 e. The summed E-state index contributed by atoms with van der Waals surface area (Å²) in [7, 11) is 0.